The van der Waals surface area contributed by atoms with E-state index in [-0.39, 0.29) is 29.4 Å². The molecular formula is C28H26ClNO2. The second-order valence-electron chi connectivity index (χ2n) is 9.78. The predicted octanol–water partition coefficient (Wildman–Crippen LogP) is 6.97. The van der Waals surface area contributed by atoms with E-state index in [1.807, 2.05) is 37.3 Å². The summed E-state index contributed by atoms with van der Waals surface area (Å²) in [5.74, 6) is -0.0641. The van der Waals surface area contributed by atoms with Crippen molar-refractivity contribution < 1.29 is 9.59 Å². The first kappa shape index (κ1) is 21.0. The van der Waals surface area contributed by atoms with Crippen molar-refractivity contribution in [2.45, 2.75) is 46.0 Å². The molecule has 0 bridgehead atoms. The minimum Gasteiger partial charge on any atom is -0.294 e. The molecule has 1 aliphatic carbocycles. The van der Waals surface area contributed by atoms with Crippen molar-refractivity contribution in [2.24, 2.45) is 5.41 Å². The van der Waals surface area contributed by atoms with Crippen LogP contribution < -0.4 is 4.90 Å². The predicted molar refractivity (Wildman–Crippen MR) is 130 cm³/mol. The van der Waals surface area contributed by atoms with Crippen LogP contribution in [-0.4, -0.2) is 11.7 Å². The monoisotopic (exact) mass is 443 g/mol. The van der Waals surface area contributed by atoms with Crippen molar-refractivity contribution in [1.82, 2.24) is 0 Å². The van der Waals surface area contributed by atoms with Crippen LogP contribution in [0.15, 0.2) is 71.9 Å². The Morgan fingerprint density at radius 1 is 0.938 bits per heavy atom. The maximum Gasteiger partial charge on any atom is 0.232 e. The molecule has 0 fully saturated rings. The Balaban J connectivity index is 1.71. The highest BCUT2D eigenvalue weighted by atomic mass is 35.5. The molecule has 3 aromatic carbocycles. The lowest BCUT2D eigenvalue weighted by atomic mass is 9.69. The summed E-state index contributed by atoms with van der Waals surface area (Å²) >= 11 is 6.40. The van der Waals surface area contributed by atoms with E-state index in [2.05, 4.69) is 44.2 Å². The van der Waals surface area contributed by atoms with E-state index in [0.29, 0.717) is 17.9 Å². The summed E-state index contributed by atoms with van der Waals surface area (Å²) in [7, 11) is 0. The maximum atomic E-state index is 13.6. The molecule has 1 unspecified atom stereocenters. The highest BCUT2D eigenvalue weighted by molar-refractivity contribution is 6.31. The molecule has 3 nitrogen and oxygen atoms in total. The number of carbonyl (C=O) groups is 2. The highest BCUT2D eigenvalue weighted by Crippen LogP contribution is 2.49. The van der Waals surface area contributed by atoms with E-state index in [9.17, 15) is 9.59 Å². The van der Waals surface area contributed by atoms with Crippen LogP contribution in [0.5, 0.6) is 0 Å². The van der Waals surface area contributed by atoms with Gasteiger partial charge in [-0.1, -0.05) is 74.0 Å². The average Bonchev–Trinajstić information content (AvgIpc) is 2.74. The van der Waals surface area contributed by atoms with Gasteiger partial charge < -0.3 is 0 Å². The van der Waals surface area contributed by atoms with Gasteiger partial charge in [-0.05, 0) is 52.8 Å². The second kappa shape index (κ2) is 7.60. The lowest BCUT2D eigenvalue weighted by Crippen LogP contribution is -2.44. The molecule has 5 rings (SSSR count). The van der Waals surface area contributed by atoms with Gasteiger partial charge in [-0.3, -0.25) is 14.5 Å². The van der Waals surface area contributed by atoms with Crippen molar-refractivity contribution in [1.29, 1.82) is 0 Å². The fraction of sp³-hybridized carbons (Fsp3) is 0.286. The van der Waals surface area contributed by atoms with Crippen LogP contribution in [0.25, 0.3) is 10.8 Å². The number of benzene rings is 3. The average molecular weight is 444 g/mol. The third-order valence-corrected chi connectivity index (χ3v) is 7.21. The molecule has 0 saturated carbocycles. The van der Waals surface area contributed by atoms with Gasteiger partial charge in [0, 0.05) is 35.1 Å². The smallest absolute Gasteiger partial charge is 0.232 e. The van der Waals surface area contributed by atoms with Crippen molar-refractivity contribution in [3.63, 3.8) is 0 Å². The van der Waals surface area contributed by atoms with Gasteiger partial charge in [0.1, 0.15) is 0 Å². The molecule has 0 saturated heterocycles. The van der Waals surface area contributed by atoms with E-state index in [0.717, 1.165) is 38.9 Å². The minimum atomic E-state index is -0.221. The number of amides is 1. The summed E-state index contributed by atoms with van der Waals surface area (Å²) in [4.78, 5) is 28.9. The van der Waals surface area contributed by atoms with Gasteiger partial charge in [-0.25, -0.2) is 0 Å². The Kier molecular flexibility index (Phi) is 4.98. The van der Waals surface area contributed by atoms with Gasteiger partial charge in [0.25, 0.3) is 0 Å². The van der Waals surface area contributed by atoms with Gasteiger partial charge in [-0.15, -0.1) is 0 Å². The summed E-state index contributed by atoms with van der Waals surface area (Å²) in [5.41, 5.74) is 4.09. The molecule has 1 amide bonds. The molecule has 0 aromatic heterocycles. The fourth-order valence-electron chi connectivity index (χ4n) is 5.24. The zero-order valence-electron chi connectivity index (χ0n) is 18.6. The number of carbonyl (C=O) groups excluding carboxylic acids is 2. The normalized spacial score (nSPS) is 20.6. The van der Waals surface area contributed by atoms with Crippen LogP contribution in [0.1, 0.15) is 50.2 Å². The zero-order chi connectivity index (χ0) is 22.6. The fourth-order valence-corrected chi connectivity index (χ4v) is 5.41. The molecule has 1 aliphatic heterocycles. The standard InChI is InChI=1S/C28H26ClNO2/c1-17-22(29)9-6-10-23(17)30-24-15-28(2,3)16-25(31)27(24)21(14-26(30)32)20-12-11-18-7-4-5-8-19(18)13-20/h4-13,21H,14-16H2,1-3H3. The third kappa shape index (κ3) is 3.45. The van der Waals surface area contributed by atoms with Gasteiger partial charge in [0.05, 0.1) is 5.69 Å². The van der Waals surface area contributed by atoms with E-state index in [1.165, 1.54) is 0 Å². The van der Waals surface area contributed by atoms with Crippen molar-refractivity contribution in [2.75, 3.05) is 4.90 Å². The van der Waals surface area contributed by atoms with Crippen molar-refractivity contribution in [3.05, 3.63) is 88.1 Å². The van der Waals surface area contributed by atoms with Gasteiger partial charge >= 0.3 is 0 Å². The Hall–Kier alpha value is -2.91. The first-order chi connectivity index (χ1) is 15.2. The largest absolute Gasteiger partial charge is 0.294 e. The Morgan fingerprint density at radius 2 is 1.69 bits per heavy atom. The molecule has 1 heterocycles. The topological polar surface area (TPSA) is 37.4 Å². The molecule has 3 aromatic rings. The number of hydrogen-bond donors (Lipinski definition) is 0. The van der Waals surface area contributed by atoms with E-state index >= 15 is 0 Å². The number of nitrogens with zero attached hydrogens (tertiary/aromatic N) is 1. The quantitative estimate of drug-likeness (QED) is 0.429. The van der Waals surface area contributed by atoms with E-state index in [4.69, 9.17) is 11.6 Å². The molecule has 162 valence electrons. The summed E-state index contributed by atoms with van der Waals surface area (Å²) in [6.45, 7) is 6.12. The molecule has 1 atom stereocenters. The molecule has 0 radical (unpaired) electrons. The number of allylic oxidation sites excluding steroid dienone is 2. The molecule has 4 heteroatoms. The maximum absolute atomic E-state index is 13.6. The number of fused-ring (bicyclic) bond motifs is 1. The summed E-state index contributed by atoms with van der Waals surface area (Å²) in [6.07, 6.45) is 1.44. The molecule has 0 N–H and O–H groups in total. The molecule has 2 aliphatic rings. The third-order valence-electron chi connectivity index (χ3n) is 6.80. The van der Waals surface area contributed by atoms with E-state index < -0.39 is 0 Å². The van der Waals surface area contributed by atoms with Crippen LogP contribution in [0.4, 0.5) is 5.69 Å². The molecule has 32 heavy (non-hydrogen) atoms. The molecular weight excluding hydrogens is 418 g/mol. The first-order valence-electron chi connectivity index (χ1n) is 11.1. The summed E-state index contributed by atoms with van der Waals surface area (Å²) in [5, 5.41) is 2.90. The SMILES string of the molecule is Cc1c(Cl)cccc1N1C(=O)CC(c2ccc3ccccc3c2)C2=C1CC(C)(C)CC2=O. The van der Waals surface area contributed by atoms with Gasteiger partial charge in [-0.2, -0.15) is 0 Å². The lowest BCUT2D eigenvalue weighted by Gasteiger charge is -2.43. The Bertz CT molecular complexity index is 1300. The Morgan fingerprint density at radius 3 is 2.47 bits per heavy atom. The van der Waals surface area contributed by atoms with E-state index in [1.54, 1.807) is 4.90 Å². The van der Waals surface area contributed by atoms with Crippen LogP contribution in [-0.2, 0) is 9.59 Å². The number of halogens is 1. The highest BCUT2D eigenvalue weighted by Gasteiger charge is 2.44. The second-order valence-corrected chi connectivity index (χ2v) is 10.2. The molecule has 0 spiro atoms. The minimum absolute atomic E-state index is 0.0118. The number of rotatable bonds is 2. The number of Topliss-reactive ketones (excluding diaryl/α,β-unsaturated/α-hetero) is 1. The van der Waals surface area contributed by atoms with Crippen LogP contribution >= 0.6 is 11.6 Å². The number of anilines is 1. The zero-order valence-corrected chi connectivity index (χ0v) is 19.4. The first-order valence-corrected chi connectivity index (χ1v) is 11.5. The lowest BCUT2D eigenvalue weighted by molar-refractivity contribution is -0.121. The van der Waals surface area contributed by atoms with Gasteiger partial charge in [0.2, 0.25) is 5.91 Å². The number of hydrogen-bond acceptors (Lipinski definition) is 2. The van der Waals surface area contributed by atoms with Crippen LogP contribution in [0.2, 0.25) is 5.02 Å². The van der Waals surface area contributed by atoms with Crippen LogP contribution in [0, 0.1) is 12.3 Å². The van der Waals surface area contributed by atoms with Crippen LogP contribution in [0.3, 0.4) is 0 Å². The van der Waals surface area contributed by atoms with Crippen molar-refractivity contribution >= 4 is 39.8 Å². The van der Waals surface area contributed by atoms with Gasteiger partial charge in [0.15, 0.2) is 5.78 Å². The summed E-state index contributed by atoms with van der Waals surface area (Å²) < 4.78 is 0. The number of ketones is 1. The summed E-state index contributed by atoms with van der Waals surface area (Å²) in [6, 6.07) is 20.1. The Labute approximate surface area is 193 Å². The van der Waals surface area contributed by atoms with Crippen molar-refractivity contribution in [3.8, 4) is 0 Å².